The monoisotopic (exact) mass is 537 g/mol. The van der Waals surface area contributed by atoms with Gasteiger partial charge in [0.05, 0.1) is 7.11 Å². The average molecular weight is 538 g/mol. The molecule has 8 heteroatoms. The lowest BCUT2D eigenvalue weighted by atomic mass is 9.87. The van der Waals surface area contributed by atoms with E-state index in [4.69, 9.17) is 18.9 Å². The molecular formula is C30H51NO7. The number of rotatable bonds is 7. The molecular weight excluding hydrogens is 486 g/mol. The first-order valence-electron chi connectivity index (χ1n) is 14.1. The Morgan fingerprint density at radius 2 is 1.66 bits per heavy atom. The molecule has 218 valence electrons. The first kappa shape index (κ1) is 35.3. The van der Waals surface area contributed by atoms with E-state index in [1.807, 2.05) is 46.8 Å². The van der Waals surface area contributed by atoms with Gasteiger partial charge in [-0.25, -0.2) is 4.79 Å². The van der Waals surface area contributed by atoms with Crippen LogP contribution in [-0.2, 0) is 25.4 Å². The zero-order valence-electron chi connectivity index (χ0n) is 25.3. The Morgan fingerprint density at radius 3 is 2.16 bits per heavy atom. The Kier molecular flexibility index (Phi) is 18.8. The molecule has 0 aliphatic carbocycles. The fraction of sp³-hybridized carbons (Fsp3) is 0.667. The zero-order chi connectivity index (χ0) is 29.1. The number of allylic oxidation sites excluding steroid dienone is 1. The van der Waals surface area contributed by atoms with E-state index >= 15 is 0 Å². The van der Waals surface area contributed by atoms with Gasteiger partial charge in [-0.05, 0) is 55.6 Å². The van der Waals surface area contributed by atoms with E-state index in [0.29, 0.717) is 18.1 Å². The standard InChI is InChI=1S/C22H29NO7.C4H10.2C2H6/c1-5-8-23-9-7-15-10-19-20(28-13-27-19)11-16(15)17(12-23)21(18(6-2)26-4)30-22(25)29-14(3)24;1-3-4-2;2*1-2/h6,10-11,17,21H,5,7-9,12-13H2,1-4H3;3-4H2,1-2H3;2*1-2H3/b18-6+;;;. The number of hydrogen-bond donors (Lipinski definition) is 0. The molecule has 2 unspecified atom stereocenters. The number of hydrogen-bond acceptors (Lipinski definition) is 8. The van der Waals surface area contributed by atoms with E-state index in [-0.39, 0.29) is 12.7 Å². The molecule has 2 heterocycles. The molecule has 0 saturated carbocycles. The molecule has 8 nitrogen and oxygen atoms in total. The van der Waals surface area contributed by atoms with Gasteiger partial charge in [-0.2, -0.15) is 0 Å². The lowest BCUT2D eigenvalue weighted by Crippen LogP contribution is -2.37. The molecule has 0 N–H and O–H groups in total. The number of methoxy groups -OCH3 is 1. The lowest BCUT2D eigenvalue weighted by Gasteiger charge is -2.31. The summed E-state index contributed by atoms with van der Waals surface area (Å²) in [6, 6.07) is 3.97. The maximum absolute atomic E-state index is 12.2. The molecule has 0 amide bonds. The molecule has 3 rings (SSSR count). The van der Waals surface area contributed by atoms with E-state index in [1.54, 1.807) is 6.08 Å². The first-order chi connectivity index (χ1) is 18.4. The van der Waals surface area contributed by atoms with E-state index in [9.17, 15) is 9.59 Å². The second-order valence-corrected chi connectivity index (χ2v) is 8.34. The van der Waals surface area contributed by atoms with Crippen LogP contribution in [0.3, 0.4) is 0 Å². The van der Waals surface area contributed by atoms with Crippen molar-refractivity contribution in [1.29, 1.82) is 0 Å². The van der Waals surface area contributed by atoms with Crippen molar-refractivity contribution in [2.75, 3.05) is 33.5 Å². The van der Waals surface area contributed by atoms with Crippen molar-refractivity contribution >= 4 is 12.1 Å². The Morgan fingerprint density at radius 1 is 1.05 bits per heavy atom. The van der Waals surface area contributed by atoms with Gasteiger partial charge in [0, 0.05) is 25.9 Å². The van der Waals surface area contributed by atoms with E-state index in [1.165, 1.54) is 20.0 Å². The quantitative estimate of drug-likeness (QED) is 0.204. The number of benzene rings is 1. The highest BCUT2D eigenvalue weighted by Gasteiger charge is 2.37. The predicted octanol–water partition coefficient (Wildman–Crippen LogP) is 7.24. The Bertz CT molecular complexity index is 851. The van der Waals surface area contributed by atoms with Crippen molar-refractivity contribution in [3.05, 3.63) is 35.1 Å². The number of carbonyl (C=O) groups excluding carboxylic acids is 2. The molecule has 1 aromatic carbocycles. The Labute approximate surface area is 230 Å². The maximum atomic E-state index is 12.2. The summed E-state index contributed by atoms with van der Waals surface area (Å²) in [5, 5.41) is 0. The minimum Gasteiger partial charge on any atom is -0.497 e. The lowest BCUT2D eigenvalue weighted by molar-refractivity contribution is -0.138. The van der Waals surface area contributed by atoms with Crippen LogP contribution in [0.4, 0.5) is 4.79 Å². The molecule has 0 radical (unpaired) electrons. The van der Waals surface area contributed by atoms with E-state index < -0.39 is 18.2 Å². The van der Waals surface area contributed by atoms with E-state index in [0.717, 1.165) is 49.7 Å². The second-order valence-electron chi connectivity index (χ2n) is 8.34. The van der Waals surface area contributed by atoms with Gasteiger partial charge in [0.15, 0.2) is 17.6 Å². The summed E-state index contributed by atoms with van der Waals surface area (Å²) in [7, 11) is 1.53. The minimum atomic E-state index is -1.04. The smallest absolute Gasteiger partial charge is 0.497 e. The number of fused-ring (bicyclic) bond motifs is 2. The van der Waals surface area contributed by atoms with Crippen molar-refractivity contribution < 1.29 is 33.3 Å². The zero-order valence-corrected chi connectivity index (χ0v) is 25.3. The molecule has 0 aromatic heterocycles. The van der Waals surface area contributed by atoms with Gasteiger partial charge in [-0.1, -0.05) is 61.3 Å². The third-order valence-electron chi connectivity index (χ3n) is 5.84. The summed E-state index contributed by atoms with van der Waals surface area (Å²) in [5.41, 5.74) is 2.12. The topological polar surface area (TPSA) is 83.5 Å². The molecule has 1 aromatic rings. The van der Waals surface area contributed by atoms with Gasteiger partial charge in [0.25, 0.3) is 0 Å². The highest BCUT2D eigenvalue weighted by molar-refractivity contribution is 5.80. The van der Waals surface area contributed by atoms with Crippen LogP contribution in [0.15, 0.2) is 24.0 Å². The van der Waals surface area contributed by atoms with Gasteiger partial charge in [-0.15, -0.1) is 0 Å². The molecule has 38 heavy (non-hydrogen) atoms. The highest BCUT2D eigenvalue weighted by atomic mass is 16.7. The predicted molar refractivity (Wildman–Crippen MR) is 152 cm³/mol. The van der Waals surface area contributed by atoms with Crippen molar-refractivity contribution in [2.24, 2.45) is 0 Å². The highest BCUT2D eigenvalue weighted by Crippen LogP contribution is 2.41. The van der Waals surface area contributed by atoms with Crippen LogP contribution >= 0.6 is 0 Å². The van der Waals surface area contributed by atoms with Gasteiger partial charge in [0.1, 0.15) is 5.76 Å². The fourth-order valence-electron chi connectivity index (χ4n) is 4.07. The summed E-state index contributed by atoms with van der Waals surface area (Å²) in [6.07, 6.45) is 4.43. The SMILES string of the molecule is C/C=C(/OC)C(OC(=O)OC(C)=O)C1CN(CCC)CCc2cc3c(cc21)OCO3.CC.CC.CCCC. The van der Waals surface area contributed by atoms with Crippen LogP contribution in [0, 0.1) is 0 Å². The summed E-state index contributed by atoms with van der Waals surface area (Å²) >= 11 is 0. The fourth-order valence-corrected chi connectivity index (χ4v) is 4.07. The third-order valence-corrected chi connectivity index (χ3v) is 5.84. The molecule has 2 aliphatic heterocycles. The molecule has 0 saturated heterocycles. The Hall–Kier alpha value is -2.74. The molecule has 2 aliphatic rings. The number of nitrogens with zero attached hydrogens (tertiary/aromatic N) is 1. The normalized spacial score (nSPS) is 16.5. The van der Waals surface area contributed by atoms with Crippen LogP contribution in [0.2, 0.25) is 0 Å². The summed E-state index contributed by atoms with van der Waals surface area (Å²) in [6.45, 7) is 20.1. The molecule has 0 bridgehead atoms. The number of ether oxygens (including phenoxy) is 5. The van der Waals surface area contributed by atoms with E-state index in [2.05, 4.69) is 30.4 Å². The number of carbonyl (C=O) groups is 2. The molecule has 0 spiro atoms. The van der Waals surface area contributed by atoms with Crippen molar-refractivity contribution in [3.63, 3.8) is 0 Å². The molecule has 0 fully saturated rings. The third kappa shape index (κ3) is 10.9. The first-order valence-corrected chi connectivity index (χ1v) is 14.1. The van der Waals surface area contributed by atoms with Crippen molar-refractivity contribution in [1.82, 2.24) is 4.90 Å². The van der Waals surface area contributed by atoms with Gasteiger partial charge >= 0.3 is 12.1 Å². The summed E-state index contributed by atoms with van der Waals surface area (Å²) < 4.78 is 27.0. The van der Waals surface area contributed by atoms with Crippen LogP contribution < -0.4 is 9.47 Å². The van der Waals surface area contributed by atoms with Crippen LogP contribution in [0.25, 0.3) is 0 Å². The van der Waals surface area contributed by atoms with Crippen LogP contribution in [0.1, 0.15) is 98.6 Å². The number of unbranched alkanes of at least 4 members (excludes halogenated alkanes) is 1. The second kappa shape index (κ2) is 20.3. The number of esters is 1. The summed E-state index contributed by atoms with van der Waals surface area (Å²) in [5.74, 6) is 0.919. The van der Waals surface area contributed by atoms with Crippen molar-refractivity contribution in [3.8, 4) is 11.5 Å². The summed E-state index contributed by atoms with van der Waals surface area (Å²) in [4.78, 5) is 25.8. The Balaban J connectivity index is 0.00000153. The van der Waals surface area contributed by atoms with Crippen molar-refractivity contribution in [2.45, 2.75) is 100 Å². The van der Waals surface area contributed by atoms with Gasteiger partial charge in [-0.3, -0.25) is 4.79 Å². The van der Waals surface area contributed by atoms with Gasteiger partial charge in [0.2, 0.25) is 6.79 Å². The maximum Gasteiger partial charge on any atom is 0.516 e. The van der Waals surface area contributed by atoms with Gasteiger partial charge < -0.3 is 28.6 Å². The minimum absolute atomic E-state index is 0.188. The van der Waals surface area contributed by atoms with Crippen LogP contribution in [-0.4, -0.2) is 56.7 Å². The molecule has 2 atom stereocenters. The van der Waals surface area contributed by atoms with Crippen LogP contribution in [0.5, 0.6) is 11.5 Å². The average Bonchev–Trinajstić information content (AvgIpc) is 3.32. The largest absolute Gasteiger partial charge is 0.516 e.